The molecule has 0 bridgehead atoms. The highest BCUT2D eigenvalue weighted by Gasteiger charge is 2.89. The van der Waals surface area contributed by atoms with Crippen molar-refractivity contribution in [3.05, 3.63) is 22.3 Å². The van der Waals surface area contributed by atoms with Gasteiger partial charge in [0, 0.05) is 0 Å². The number of rotatable bonds is 1. The SMILES string of the molecule is CS(=O)(=O)N1C23c4c5c6c7c8c9c(c%10c%11c2c2c4c4c%12c5c5c6c6c8c8c%13c9c9c%10c%10c%11c%11c2c2c4c4c%12c%12c5c5c6c8c6c8c%13c9c9c%10c%10c%11c2c2c4c4c%12c5c6c5c8c9c%10c2c45)C713. The topological polar surface area (TPSA) is 37.1 Å². The van der Waals surface area contributed by atoms with Gasteiger partial charge in [0.2, 0.25) is 10.0 Å². The summed E-state index contributed by atoms with van der Waals surface area (Å²) in [6.45, 7) is 0. The van der Waals surface area contributed by atoms with Crippen molar-refractivity contribution in [2.45, 2.75) is 11.1 Å². The predicted octanol–water partition coefficient (Wildman–Crippen LogP) is 15.5. The van der Waals surface area contributed by atoms with Crippen LogP contribution in [0.25, 0.3) is 291 Å². The van der Waals surface area contributed by atoms with Gasteiger partial charge in [-0.25, -0.2) is 8.42 Å². The molecule has 65 heavy (non-hydrogen) atoms. The van der Waals surface area contributed by atoms with Crippen molar-refractivity contribution in [1.82, 2.24) is 4.31 Å². The second-order valence-electron chi connectivity index (χ2n) is 24.2. The van der Waals surface area contributed by atoms with Gasteiger partial charge in [-0.2, -0.15) is 4.31 Å². The fourth-order valence-electron chi connectivity index (χ4n) is 24.4. The van der Waals surface area contributed by atoms with Gasteiger partial charge in [0.25, 0.3) is 0 Å². The minimum atomic E-state index is -3.75. The third kappa shape index (κ3) is 1.15. The quantitative estimate of drug-likeness (QED) is 0.122. The second kappa shape index (κ2) is 4.92. The zero-order valence-electron chi connectivity index (χ0n) is 32.7. The molecule has 270 valence electrons. The van der Waals surface area contributed by atoms with Gasteiger partial charge >= 0.3 is 0 Å². The summed E-state index contributed by atoms with van der Waals surface area (Å²) in [7, 11) is -3.75. The highest BCUT2D eigenvalue weighted by Crippen LogP contribution is 2.90. The molecule has 33 rings (SSSR count). The Kier molecular flexibility index (Phi) is 1.77. The first kappa shape index (κ1) is 23.3. The molecule has 4 heteroatoms. The molecule has 1 heterocycles. The van der Waals surface area contributed by atoms with Crippen LogP contribution in [0.1, 0.15) is 22.3 Å². The highest BCUT2D eigenvalue weighted by molar-refractivity contribution is 7.88. The Morgan fingerprint density at radius 1 is 0.200 bits per heavy atom. The van der Waals surface area contributed by atoms with E-state index in [1.165, 1.54) is 162 Å². The van der Waals surface area contributed by atoms with Crippen molar-refractivity contribution in [2.75, 3.05) is 6.26 Å². The van der Waals surface area contributed by atoms with E-state index in [0.717, 1.165) is 0 Å². The molecule has 0 saturated carbocycles. The summed E-state index contributed by atoms with van der Waals surface area (Å²) in [5.41, 5.74) is 3.95. The highest BCUT2D eigenvalue weighted by atomic mass is 32.2. The third-order valence-electron chi connectivity index (χ3n) is 24.1. The van der Waals surface area contributed by atoms with E-state index in [1.54, 1.807) is 157 Å². The first-order chi connectivity index (χ1) is 32.1. The van der Waals surface area contributed by atoms with Gasteiger partial charge in [-0.05, 0) is 313 Å². The van der Waals surface area contributed by atoms with Crippen molar-refractivity contribution in [3.63, 3.8) is 0 Å². The molecule has 0 atom stereocenters. The maximum absolute atomic E-state index is 15.6. The lowest BCUT2D eigenvalue weighted by molar-refractivity contribution is 0.534. The first-order valence-corrected chi connectivity index (χ1v) is 25.7. The summed E-state index contributed by atoms with van der Waals surface area (Å²) in [4.78, 5) is 0. The molecule has 28 aromatic carbocycles. The molecule has 3 nitrogen and oxygen atoms in total. The number of benzene rings is 18. The number of hydrogen-bond donors (Lipinski definition) is 0. The summed E-state index contributed by atoms with van der Waals surface area (Å²) in [5.74, 6) is 0. The molecule has 0 amide bonds. The van der Waals surface area contributed by atoms with E-state index in [-0.39, 0.29) is 0 Å². The molecule has 0 radical (unpaired) electrons. The second-order valence-corrected chi connectivity index (χ2v) is 26.0. The Balaban J connectivity index is 1.27. The van der Waals surface area contributed by atoms with Gasteiger partial charge in [-0.1, -0.05) is 0 Å². The number of hydrogen-bond acceptors (Lipinski definition) is 2. The van der Waals surface area contributed by atoms with Crippen molar-refractivity contribution < 1.29 is 8.42 Å². The summed E-state index contributed by atoms with van der Waals surface area (Å²) in [6.07, 6.45) is 1.58. The normalized spacial score (nSPS) is 24.5. The molecule has 0 unspecified atom stereocenters. The van der Waals surface area contributed by atoms with Crippen molar-refractivity contribution in [1.29, 1.82) is 0 Å². The Bertz CT molecular complexity index is 6640. The minimum absolute atomic E-state index is 0.800. The Morgan fingerprint density at radius 2 is 0.292 bits per heavy atom. The maximum atomic E-state index is 15.6. The van der Waals surface area contributed by atoms with Crippen LogP contribution in [0.3, 0.4) is 0 Å². The zero-order chi connectivity index (χ0) is 38.6. The first-order valence-electron chi connectivity index (χ1n) is 23.9. The van der Waals surface area contributed by atoms with Crippen molar-refractivity contribution in [3.8, 4) is 0 Å². The lowest BCUT2D eigenvalue weighted by Crippen LogP contribution is -2.27. The fourth-order valence-corrected chi connectivity index (χ4v) is 26.0. The molecule has 0 aromatic heterocycles. The molecular formula is C61H3NO2S. The lowest BCUT2D eigenvalue weighted by atomic mass is 9.68. The van der Waals surface area contributed by atoms with Crippen LogP contribution in [0, 0.1) is 0 Å². The Hall–Kier alpha value is -7.63. The molecular weight excluding hydrogens is 811 g/mol. The van der Waals surface area contributed by atoms with Crippen LogP contribution in [0.2, 0.25) is 0 Å². The van der Waals surface area contributed by atoms with Gasteiger partial charge < -0.3 is 0 Å². The van der Waals surface area contributed by atoms with E-state index in [0.29, 0.717) is 0 Å². The van der Waals surface area contributed by atoms with Gasteiger partial charge in [-0.3, -0.25) is 0 Å². The molecule has 1 fully saturated rings. The van der Waals surface area contributed by atoms with E-state index in [9.17, 15) is 0 Å². The van der Waals surface area contributed by atoms with Crippen LogP contribution in [-0.4, -0.2) is 19.0 Å². The van der Waals surface area contributed by atoms with Crippen molar-refractivity contribution in [2.24, 2.45) is 0 Å². The average molecular weight is 814 g/mol. The standard InChI is InChI=1S/C61H3NO2S/c1-65(63,64)62-60-56-48-40-30-20-12-4-2-3-6-10-8(4)16-24-18(10)28-22-14(6)15-7(3)11-9-5(2)13(12)21-27-17(9)25-19(11)29-23(15)33-32(22)42-36(28)46-38(24)44(34(40)26(16)20)52(56)54(46)58-50(42)51-43(33)37(29)47-39(25)45-35(27)41(31(21)30)49(48)57(60)53(45)55(47)59(51)61(58,60)62/h1H3. The van der Waals surface area contributed by atoms with Crippen LogP contribution in [-0.2, 0) is 21.1 Å². The van der Waals surface area contributed by atoms with Crippen LogP contribution < -0.4 is 0 Å². The van der Waals surface area contributed by atoms with Crippen LogP contribution in [0.4, 0.5) is 0 Å². The van der Waals surface area contributed by atoms with Crippen LogP contribution >= 0.6 is 0 Å². The Labute approximate surface area is 351 Å². The van der Waals surface area contributed by atoms with E-state index >= 15 is 8.42 Å². The maximum Gasteiger partial charge on any atom is 0.213 e. The average Bonchev–Trinajstić information content (AvgIpc) is 4.14. The Morgan fingerprint density at radius 3 is 0.385 bits per heavy atom. The van der Waals surface area contributed by atoms with Gasteiger partial charge in [0.15, 0.2) is 0 Å². The molecule has 28 aromatic rings. The van der Waals surface area contributed by atoms with E-state index in [4.69, 9.17) is 0 Å². The van der Waals surface area contributed by atoms with Crippen LogP contribution in [0.15, 0.2) is 0 Å². The summed E-state index contributed by atoms with van der Waals surface area (Å²) < 4.78 is 33.4. The zero-order valence-corrected chi connectivity index (χ0v) is 33.5. The predicted molar refractivity (Wildman–Crippen MR) is 271 cm³/mol. The molecule has 5 aliphatic rings. The monoisotopic (exact) mass is 813 g/mol. The van der Waals surface area contributed by atoms with Crippen LogP contribution in [0.5, 0.6) is 0 Å². The molecule has 4 aliphatic carbocycles. The fraction of sp³-hybridized carbons (Fsp3) is 0.0492. The number of nitrogens with zero attached hydrogens (tertiary/aromatic N) is 1. The third-order valence-corrected chi connectivity index (χ3v) is 25.3. The largest absolute Gasteiger partial charge is 0.213 e. The molecule has 0 N–H and O–H groups in total. The minimum Gasteiger partial charge on any atom is -0.212 e. The van der Waals surface area contributed by atoms with E-state index < -0.39 is 21.1 Å². The van der Waals surface area contributed by atoms with Gasteiger partial charge in [0.05, 0.1) is 6.26 Å². The smallest absolute Gasteiger partial charge is 0.212 e. The lowest BCUT2D eigenvalue weighted by Gasteiger charge is -2.29. The van der Waals surface area contributed by atoms with Gasteiger partial charge in [0.1, 0.15) is 11.1 Å². The van der Waals surface area contributed by atoms with Gasteiger partial charge in [-0.15, -0.1) is 0 Å². The van der Waals surface area contributed by atoms with E-state index in [2.05, 4.69) is 4.31 Å². The summed E-state index contributed by atoms with van der Waals surface area (Å²) in [6, 6.07) is 0. The van der Waals surface area contributed by atoms with Crippen molar-refractivity contribution >= 4 is 301 Å². The number of sulfonamides is 1. The molecule has 1 aliphatic heterocycles. The molecule has 2 spiro atoms. The molecule has 1 saturated heterocycles. The summed E-state index contributed by atoms with van der Waals surface area (Å²) in [5, 5.41) is 82.9. The summed E-state index contributed by atoms with van der Waals surface area (Å²) >= 11 is 0. The van der Waals surface area contributed by atoms with E-state index in [1.807, 2.05) is 0 Å².